The van der Waals surface area contributed by atoms with Crippen molar-refractivity contribution in [3.63, 3.8) is 0 Å². The smallest absolute Gasteiger partial charge is 0.0698 e. The fourth-order valence-corrected chi connectivity index (χ4v) is 26.9. The highest BCUT2D eigenvalue weighted by molar-refractivity contribution is 5.83. The molecule has 28 atom stereocenters. The van der Waals surface area contributed by atoms with Gasteiger partial charge in [0.1, 0.15) is 0 Å². The summed E-state index contributed by atoms with van der Waals surface area (Å²) in [6.07, 6.45) is 12.7. The maximum absolute atomic E-state index is 9.77. The quantitative estimate of drug-likeness (QED) is 0.235. The van der Waals surface area contributed by atoms with Crippen LogP contribution in [0.4, 0.5) is 0 Å². The molecule has 19 rings (SSSR count). The summed E-state index contributed by atoms with van der Waals surface area (Å²) >= 11 is 0. The molecule has 1 N–H and O–H groups in total. The zero-order chi connectivity index (χ0) is 36.6. The van der Waals surface area contributed by atoms with Crippen LogP contribution >= 0.6 is 0 Å². The van der Waals surface area contributed by atoms with Gasteiger partial charge in [-0.05, 0) is 216 Å². The summed E-state index contributed by atoms with van der Waals surface area (Å²) < 4.78 is 6.22. The van der Waals surface area contributed by atoms with Crippen molar-refractivity contribution >= 4 is 10.8 Å². The molecule has 1 heterocycles. The molecule has 14 fully saturated rings. The number of hydrogen-bond donors (Lipinski definition) is 1. The molecule has 1 aliphatic heterocycles. The Hall–Kier alpha value is -1.94. The Morgan fingerprint density at radius 3 is 2.09 bits per heavy atom. The van der Waals surface area contributed by atoms with Gasteiger partial charge < -0.3 is 9.84 Å². The molecule has 0 amide bonds. The van der Waals surface area contributed by atoms with E-state index < -0.39 is 0 Å². The van der Waals surface area contributed by atoms with E-state index in [0.29, 0.717) is 18.1 Å². The molecule has 2 aromatic rings. The van der Waals surface area contributed by atoms with Gasteiger partial charge in [-0.3, -0.25) is 4.90 Å². The van der Waals surface area contributed by atoms with Gasteiger partial charge in [-0.1, -0.05) is 58.7 Å². The van der Waals surface area contributed by atoms with E-state index in [1.54, 1.807) is 37.7 Å². The van der Waals surface area contributed by atoms with Gasteiger partial charge >= 0.3 is 0 Å². The first-order chi connectivity index (χ1) is 28.7. The molecule has 298 valence electrons. The van der Waals surface area contributed by atoms with Crippen LogP contribution in [0.3, 0.4) is 0 Å². The second kappa shape index (κ2) is 9.51. The second-order valence-electron chi connectivity index (χ2n) is 25.6. The van der Waals surface area contributed by atoms with Gasteiger partial charge in [-0.15, -0.1) is 0 Å². The van der Waals surface area contributed by atoms with Crippen LogP contribution < -0.4 is 0 Å². The Balaban J connectivity index is 0.897. The third kappa shape index (κ3) is 2.85. The van der Waals surface area contributed by atoms with Gasteiger partial charge in [-0.25, -0.2) is 0 Å². The lowest BCUT2D eigenvalue weighted by atomic mass is 9.41. The van der Waals surface area contributed by atoms with Crippen LogP contribution in [-0.2, 0) is 4.74 Å². The van der Waals surface area contributed by atoms with Crippen LogP contribution in [0.1, 0.15) is 63.0 Å². The minimum atomic E-state index is 0.133. The molecule has 17 aliphatic rings. The molecule has 16 aliphatic carbocycles. The number of fused-ring (bicyclic) bond motifs is 2. The first-order valence-electron chi connectivity index (χ1n) is 25.6. The number of benzene rings is 2. The fourth-order valence-electron chi connectivity index (χ4n) is 26.9. The van der Waals surface area contributed by atoms with Crippen molar-refractivity contribution < 1.29 is 9.84 Å². The number of allylic oxidation sites excluding steroid dienone is 3. The van der Waals surface area contributed by atoms with Gasteiger partial charge in [0, 0.05) is 36.4 Å². The molecule has 28 unspecified atom stereocenters. The van der Waals surface area contributed by atoms with Crippen molar-refractivity contribution in [3.8, 4) is 0 Å². The minimum absolute atomic E-state index is 0.133. The van der Waals surface area contributed by atoms with E-state index in [1.807, 2.05) is 0 Å². The Labute approximate surface area is 344 Å². The Kier molecular flexibility index (Phi) is 5.08. The molecule has 13 saturated carbocycles. The van der Waals surface area contributed by atoms with Crippen LogP contribution in [0.25, 0.3) is 10.8 Å². The second-order valence-corrected chi connectivity index (χ2v) is 25.6. The van der Waals surface area contributed by atoms with E-state index in [4.69, 9.17) is 4.74 Å². The molecule has 0 aromatic heterocycles. The molecular weight excluding hydrogens is 707 g/mol. The average molecular weight is 768 g/mol. The van der Waals surface area contributed by atoms with E-state index in [0.717, 1.165) is 167 Å². The normalized spacial score (nSPS) is 63.7. The summed E-state index contributed by atoms with van der Waals surface area (Å²) in [5.74, 6) is 27.5. The van der Waals surface area contributed by atoms with E-state index in [9.17, 15) is 5.11 Å². The number of aliphatic hydroxyl groups is 1. The third-order valence-electron chi connectivity index (χ3n) is 25.8. The van der Waals surface area contributed by atoms with E-state index in [-0.39, 0.29) is 6.61 Å². The highest BCUT2D eigenvalue weighted by Gasteiger charge is 2.88. The first-order valence-corrected chi connectivity index (χ1v) is 25.6. The zero-order valence-electron chi connectivity index (χ0n) is 34.1. The predicted octanol–water partition coefficient (Wildman–Crippen LogP) is 9.14. The lowest BCUT2D eigenvalue weighted by molar-refractivity contribution is -0.149. The highest BCUT2D eigenvalue weighted by atomic mass is 16.5. The maximum atomic E-state index is 9.77. The number of likely N-dealkylation sites (tertiary alicyclic amines) is 1. The maximum Gasteiger partial charge on any atom is 0.0698 e. The number of hydrogen-bond acceptors (Lipinski definition) is 3. The third-order valence-corrected chi connectivity index (χ3v) is 25.8. The Bertz CT molecular complexity index is 2400. The van der Waals surface area contributed by atoms with Crippen molar-refractivity contribution in [2.24, 2.45) is 159 Å². The summed E-state index contributed by atoms with van der Waals surface area (Å²) in [5, 5.41) is 12.6. The molecule has 0 bridgehead atoms. The van der Waals surface area contributed by atoms with Gasteiger partial charge in [0.2, 0.25) is 0 Å². The van der Waals surface area contributed by atoms with Gasteiger partial charge in [0.25, 0.3) is 0 Å². The molecule has 0 radical (unpaired) electrons. The van der Waals surface area contributed by atoms with E-state index in [1.165, 1.54) is 36.6 Å². The monoisotopic (exact) mass is 767 g/mol. The average Bonchev–Trinajstić information content (AvgIpc) is 4.10. The molecule has 58 heavy (non-hydrogen) atoms. The highest BCUT2D eigenvalue weighted by Crippen LogP contribution is 2.93. The van der Waals surface area contributed by atoms with Gasteiger partial charge in [-0.2, -0.15) is 0 Å². The van der Waals surface area contributed by atoms with Crippen molar-refractivity contribution in [2.75, 3.05) is 32.9 Å². The van der Waals surface area contributed by atoms with E-state index in [2.05, 4.69) is 69.7 Å². The molecule has 1 saturated heterocycles. The van der Waals surface area contributed by atoms with Gasteiger partial charge in [0.05, 0.1) is 19.8 Å². The standard InChI is InChI=1S/C55H61NO2/c57-8-10-58-9-7-56-20-32-31-18-29-16-26-14-27-13-24-12-25-15-28-17-30-19-55(32,54(56)23-6-5-21-3-1-2-4-22(21)11-23)53-39(30)44-38(28)43-34(25)33(24)41-37(27)42-35(26)36(29)45-40(31)52(53)51-49(44)47(43)46(41)48(42)50(45)51/h1-6,11,24-28,30,32-35,37-39,41-54,57H,7-10,12-20H2. The van der Waals surface area contributed by atoms with Crippen LogP contribution in [-0.4, -0.2) is 42.9 Å². The largest absolute Gasteiger partial charge is 0.394 e. The summed E-state index contributed by atoms with van der Waals surface area (Å²) in [7, 11) is 0. The Morgan fingerprint density at radius 2 is 1.28 bits per heavy atom. The van der Waals surface area contributed by atoms with Crippen LogP contribution in [0, 0.1) is 159 Å². The molecule has 3 nitrogen and oxygen atoms in total. The van der Waals surface area contributed by atoms with Crippen molar-refractivity contribution in [3.05, 3.63) is 70.3 Å². The summed E-state index contributed by atoms with van der Waals surface area (Å²) in [6, 6.07) is 17.6. The SMILES string of the molecule is OCCOCCN1CC2C3=C4C5C6=C(C3)CC3CC7CC8CC9CC%10CC%11CC2(C2C4C4C5C5C(C63)C7C3C8C9C6C%10C(C4C6C35)C%112)C1c1ccc2ccccc2c1. The molecule has 2 aromatic carbocycles. The number of rotatable bonds is 6. The predicted molar refractivity (Wildman–Crippen MR) is 220 cm³/mol. The number of nitrogens with zero attached hydrogens (tertiary/aromatic N) is 1. The van der Waals surface area contributed by atoms with Crippen molar-refractivity contribution in [1.29, 1.82) is 0 Å². The van der Waals surface area contributed by atoms with Crippen molar-refractivity contribution in [1.82, 2.24) is 4.90 Å². The summed E-state index contributed by atoms with van der Waals surface area (Å²) in [4.78, 5) is 3.05. The van der Waals surface area contributed by atoms with Gasteiger partial charge in [0.15, 0.2) is 0 Å². The lowest BCUT2D eigenvalue weighted by Crippen LogP contribution is -2.59. The summed E-state index contributed by atoms with van der Waals surface area (Å²) in [6.45, 7) is 3.64. The fraction of sp³-hybridized carbons (Fsp3) is 0.745. The minimum Gasteiger partial charge on any atom is -0.394 e. The first kappa shape index (κ1) is 31.0. The zero-order valence-corrected chi connectivity index (χ0v) is 34.1. The summed E-state index contributed by atoms with van der Waals surface area (Å²) in [5.41, 5.74) is 10.6. The Morgan fingerprint density at radius 1 is 0.621 bits per heavy atom. The lowest BCUT2D eigenvalue weighted by Gasteiger charge is -2.62. The van der Waals surface area contributed by atoms with Crippen LogP contribution in [0.15, 0.2) is 64.8 Å². The molecule has 1 spiro atoms. The van der Waals surface area contributed by atoms with Crippen molar-refractivity contribution in [2.45, 2.75) is 57.4 Å². The van der Waals surface area contributed by atoms with Crippen LogP contribution in [0.5, 0.6) is 0 Å². The number of aliphatic hydroxyl groups excluding tert-OH is 1. The molecule has 3 heteroatoms. The number of ether oxygens (including phenoxy) is 1. The topological polar surface area (TPSA) is 32.7 Å². The molecular formula is C55H61NO2. The van der Waals surface area contributed by atoms with Crippen LogP contribution in [0.2, 0.25) is 0 Å². The van der Waals surface area contributed by atoms with E-state index >= 15 is 0 Å².